The van der Waals surface area contributed by atoms with Crippen molar-refractivity contribution in [2.75, 3.05) is 5.32 Å². The summed E-state index contributed by atoms with van der Waals surface area (Å²) in [5.41, 5.74) is 5.01. The summed E-state index contributed by atoms with van der Waals surface area (Å²) in [7, 11) is 0. The lowest BCUT2D eigenvalue weighted by Crippen LogP contribution is -2.24. The predicted octanol–water partition coefficient (Wildman–Crippen LogP) is 4.58. The molecule has 3 aromatic carbocycles. The van der Waals surface area contributed by atoms with Crippen LogP contribution < -0.4 is 5.32 Å². The number of rotatable bonds is 2. The van der Waals surface area contributed by atoms with Crippen molar-refractivity contribution in [3.8, 4) is 11.4 Å². The molecule has 0 spiro atoms. The summed E-state index contributed by atoms with van der Waals surface area (Å²) >= 11 is 0. The molecule has 0 radical (unpaired) electrons. The monoisotopic (exact) mass is 342 g/mol. The lowest BCUT2D eigenvalue weighted by Gasteiger charge is -2.30. The predicted molar refractivity (Wildman–Crippen MR) is 100 cm³/mol. The lowest BCUT2D eigenvalue weighted by atomic mass is 10.1. The summed E-state index contributed by atoms with van der Waals surface area (Å²) in [5.74, 6) is 0.893. The largest absolute Gasteiger partial charge is 0.361 e. The maximum absolute atomic E-state index is 11.0. The molecule has 0 saturated carbocycles. The van der Waals surface area contributed by atoms with E-state index in [1.54, 1.807) is 12.1 Å². The van der Waals surface area contributed by atoms with Crippen molar-refractivity contribution in [2.24, 2.45) is 0 Å². The number of anilines is 1. The van der Waals surface area contributed by atoms with E-state index < -0.39 is 0 Å². The normalized spacial score (nSPS) is 15.2. The van der Waals surface area contributed by atoms with Gasteiger partial charge in [0.2, 0.25) is 0 Å². The molecule has 1 unspecified atom stereocenters. The van der Waals surface area contributed by atoms with Gasteiger partial charge in [-0.2, -0.15) is 0 Å². The van der Waals surface area contributed by atoms with Crippen LogP contribution in [0.4, 0.5) is 11.4 Å². The van der Waals surface area contributed by atoms with Crippen molar-refractivity contribution in [1.82, 2.24) is 9.55 Å². The van der Waals surface area contributed by atoms with Gasteiger partial charge in [0, 0.05) is 23.4 Å². The van der Waals surface area contributed by atoms with Crippen LogP contribution in [-0.2, 0) is 0 Å². The number of hydrogen-bond acceptors (Lipinski definition) is 4. The smallest absolute Gasteiger partial charge is 0.269 e. The van der Waals surface area contributed by atoms with E-state index >= 15 is 0 Å². The quantitative estimate of drug-likeness (QED) is 0.427. The lowest BCUT2D eigenvalue weighted by molar-refractivity contribution is -0.384. The molecule has 1 aliphatic rings. The third-order valence-electron chi connectivity index (χ3n) is 4.73. The Balaban J connectivity index is 1.74. The Morgan fingerprint density at radius 3 is 2.50 bits per heavy atom. The van der Waals surface area contributed by atoms with Crippen molar-refractivity contribution >= 4 is 22.4 Å². The summed E-state index contributed by atoms with van der Waals surface area (Å²) in [6, 6.07) is 22.7. The molecular weight excluding hydrogens is 328 g/mol. The molecule has 4 aromatic rings. The Kier molecular flexibility index (Phi) is 3.05. The number of nitrogens with zero attached hydrogens (tertiary/aromatic N) is 3. The summed E-state index contributed by atoms with van der Waals surface area (Å²) in [6.45, 7) is 0. The van der Waals surface area contributed by atoms with Crippen LogP contribution in [0, 0.1) is 10.1 Å². The number of non-ortho nitro benzene ring substituents is 1. The molecule has 1 N–H and O–H groups in total. The van der Waals surface area contributed by atoms with E-state index in [0.29, 0.717) is 0 Å². The third kappa shape index (κ3) is 2.09. The molecule has 0 bridgehead atoms. The number of para-hydroxylation sites is 3. The molecular formula is C20H14N4O2. The number of benzene rings is 3. The number of hydrogen-bond donors (Lipinski definition) is 1. The van der Waals surface area contributed by atoms with Gasteiger partial charge in [-0.1, -0.05) is 24.3 Å². The molecule has 0 saturated heterocycles. The van der Waals surface area contributed by atoms with Gasteiger partial charge in [0.15, 0.2) is 0 Å². The van der Waals surface area contributed by atoms with Gasteiger partial charge in [0.25, 0.3) is 5.69 Å². The zero-order valence-corrected chi connectivity index (χ0v) is 13.7. The minimum absolute atomic E-state index is 0.0840. The Morgan fingerprint density at radius 2 is 1.69 bits per heavy atom. The number of nitrogens with one attached hydrogen (secondary N) is 1. The SMILES string of the molecule is O=[N+]([O-])c1ccc(C2Nc3ccccc3-c3nc4ccccc4n32)cc1. The zero-order valence-electron chi connectivity index (χ0n) is 13.7. The Bertz CT molecular complexity index is 1150. The van der Waals surface area contributed by atoms with Gasteiger partial charge in [0.05, 0.1) is 16.0 Å². The van der Waals surface area contributed by atoms with Crippen LogP contribution in [0.5, 0.6) is 0 Å². The molecule has 5 rings (SSSR count). The van der Waals surface area contributed by atoms with E-state index in [-0.39, 0.29) is 16.8 Å². The molecule has 0 aliphatic carbocycles. The third-order valence-corrected chi connectivity index (χ3v) is 4.73. The van der Waals surface area contributed by atoms with E-state index in [4.69, 9.17) is 4.98 Å². The fourth-order valence-corrected chi connectivity index (χ4v) is 3.52. The van der Waals surface area contributed by atoms with Crippen molar-refractivity contribution in [2.45, 2.75) is 6.17 Å². The van der Waals surface area contributed by atoms with Gasteiger partial charge in [-0.3, -0.25) is 14.7 Å². The molecule has 6 nitrogen and oxygen atoms in total. The first-order valence-corrected chi connectivity index (χ1v) is 8.29. The highest BCUT2D eigenvalue weighted by Gasteiger charge is 2.28. The topological polar surface area (TPSA) is 73.0 Å². The van der Waals surface area contributed by atoms with Crippen molar-refractivity contribution in [3.05, 3.63) is 88.5 Å². The van der Waals surface area contributed by atoms with E-state index in [1.165, 1.54) is 12.1 Å². The Labute approximate surface area is 148 Å². The fourth-order valence-electron chi connectivity index (χ4n) is 3.52. The van der Waals surface area contributed by atoms with Crippen molar-refractivity contribution < 1.29 is 4.92 Å². The van der Waals surface area contributed by atoms with Crippen LogP contribution in [0.15, 0.2) is 72.8 Å². The molecule has 0 fully saturated rings. The molecule has 1 atom stereocenters. The molecule has 126 valence electrons. The summed E-state index contributed by atoms with van der Waals surface area (Å²) in [5, 5.41) is 14.5. The number of fused-ring (bicyclic) bond motifs is 5. The minimum atomic E-state index is -0.384. The van der Waals surface area contributed by atoms with Crippen LogP contribution in [0.2, 0.25) is 0 Å². The molecule has 2 heterocycles. The Hall–Kier alpha value is -3.67. The van der Waals surface area contributed by atoms with Gasteiger partial charge in [-0.15, -0.1) is 0 Å². The molecule has 1 aliphatic heterocycles. The summed E-state index contributed by atoms with van der Waals surface area (Å²) in [6.07, 6.45) is -0.187. The Morgan fingerprint density at radius 1 is 0.962 bits per heavy atom. The van der Waals surface area contributed by atoms with E-state index in [2.05, 4.69) is 9.88 Å². The van der Waals surface area contributed by atoms with Crippen LogP contribution in [-0.4, -0.2) is 14.5 Å². The fraction of sp³-hybridized carbons (Fsp3) is 0.0500. The maximum atomic E-state index is 11.0. The minimum Gasteiger partial charge on any atom is -0.361 e. The van der Waals surface area contributed by atoms with Gasteiger partial charge in [-0.05, 0) is 42.0 Å². The van der Waals surface area contributed by atoms with Gasteiger partial charge >= 0.3 is 0 Å². The van der Waals surface area contributed by atoms with Crippen LogP contribution in [0.1, 0.15) is 11.7 Å². The van der Waals surface area contributed by atoms with E-state index in [9.17, 15) is 10.1 Å². The van der Waals surface area contributed by atoms with Gasteiger partial charge < -0.3 is 5.32 Å². The average Bonchev–Trinajstić information content (AvgIpc) is 3.07. The highest BCUT2D eigenvalue weighted by molar-refractivity contribution is 5.86. The molecule has 1 aromatic heterocycles. The first-order chi connectivity index (χ1) is 12.7. The van der Waals surface area contributed by atoms with Crippen LogP contribution >= 0.6 is 0 Å². The van der Waals surface area contributed by atoms with E-state index in [1.807, 2.05) is 48.5 Å². The number of imidazole rings is 1. The van der Waals surface area contributed by atoms with E-state index in [0.717, 1.165) is 33.7 Å². The molecule has 0 amide bonds. The van der Waals surface area contributed by atoms with Crippen LogP contribution in [0.3, 0.4) is 0 Å². The standard InChI is InChI=1S/C20H14N4O2/c25-24(26)14-11-9-13(10-12-14)19-21-16-6-2-1-5-15(16)20-22-17-7-3-4-8-18(17)23(19)20/h1-12,19,21H. The number of aromatic nitrogens is 2. The van der Waals surface area contributed by atoms with Crippen LogP contribution in [0.25, 0.3) is 22.4 Å². The highest BCUT2D eigenvalue weighted by Crippen LogP contribution is 2.40. The molecule has 6 heteroatoms. The van der Waals surface area contributed by atoms with Gasteiger partial charge in [0.1, 0.15) is 12.0 Å². The maximum Gasteiger partial charge on any atom is 0.269 e. The highest BCUT2D eigenvalue weighted by atomic mass is 16.6. The average molecular weight is 342 g/mol. The van der Waals surface area contributed by atoms with Gasteiger partial charge in [-0.25, -0.2) is 4.98 Å². The molecule has 26 heavy (non-hydrogen) atoms. The first kappa shape index (κ1) is 14.7. The van der Waals surface area contributed by atoms with Crippen molar-refractivity contribution in [1.29, 1.82) is 0 Å². The second-order valence-electron chi connectivity index (χ2n) is 6.24. The second kappa shape index (κ2) is 5.42. The zero-order chi connectivity index (χ0) is 17.7. The summed E-state index contributed by atoms with van der Waals surface area (Å²) in [4.78, 5) is 15.4. The number of nitro groups is 1. The van der Waals surface area contributed by atoms with Crippen molar-refractivity contribution in [3.63, 3.8) is 0 Å². The first-order valence-electron chi connectivity index (χ1n) is 8.29. The number of nitro benzene ring substituents is 1. The second-order valence-corrected chi connectivity index (χ2v) is 6.24. The summed E-state index contributed by atoms with van der Waals surface area (Å²) < 4.78 is 2.15.